The Hall–Kier alpha value is 0.650. The lowest BCUT2D eigenvalue weighted by atomic mass is 9.76. The lowest BCUT2D eigenvalue weighted by Crippen LogP contribution is -2.40. The van der Waals surface area contributed by atoms with Crippen molar-refractivity contribution in [2.45, 2.75) is 19.3 Å². The fourth-order valence-corrected chi connectivity index (χ4v) is 9.85. The van der Waals surface area contributed by atoms with Crippen LogP contribution in [0.4, 0.5) is 0 Å². The summed E-state index contributed by atoms with van der Waals surface area (Å²) in [6.07, 6.45) is 9.14. The molecule has 4 bridgehead atoms. The minimum Gasteiger partial charge on any atom is -0.0975 e. The molecule has 62 valence electrons. The Labute approximate surface area is 73.8 Å². The van der Waals surface area contributed by atoms with E-state index >= 15 is 0 Å². The topological polar surface area (TPSA) is 0 Å². The predicted molar refractivity (Wildman–Crippen MR) is 53.2 cm³/mol. The van der Waals surface area contributed by atoms with Gasteiger partial charge in [-0.2, -0.15) is 0 Å². The van der Waals surface area contributed by atoms with Crippen molar-refractivity contribution in [3.63, 3.8) is 0 Å². The standard InChI is InChI=1S/C9H15PS/c11-10-4-7-1-8(5-10)3-9(2-7)6-10/h7-9H,1-6H2. The van der Waals surface area contributed by atoms with E-state index in [0.717, 1.165) is 17.8 Å². The molecule has 4 fully saturated rings. The zero-order chi connectivity index (χ0) is 7.47. The number of hydrogen-bond acceptors (Lipinski definition) is 1. The van der Waals surface area contributed by atoms with Crippen LogP contribution in [0.5, 0.6) is 0 Å². The first-order valence-electron chi connectivity index (χ1n) is 4.81. The smallest absolute Gasteiger partial charge is 0.0206 e. The Kier molecular flexibility index (Phi) is 1.36. The van der Waals surface area contributed by atoms with E-state index in [9.17, 15) is 0 Å². The highest BCUT2D eigenvalue weighted by Gasteiger charge is 2.45. The van der Waals surface area contributed by atoms with Crippen molar-refractivity contribution >= 4 is 17.8 Å². The Balaban J connectivity index is 2.00. The maximum absolute atomic E-state index is 5.80. The molecule has 4 rings (SSSR count). The van der Waals surface area contributed by atoms with Gasteiger partial charge in [0.1, 0.15) is 0 Å². The van der Waals surface area contributed by atoms with E-state index in [1.807, 2.05) is 0 Å². The zero-order valence-electron chi connectivity index (χ0n) is 6.83. The minimum absolute atomic E-state index is 0.737. The average molecular weight is 186 g/mol. The van der Waals surface area contributed by atoms with Gasteiger partial charge >= 0.3 is 0 Å². The summed E-state index contributed by atoms with van der Waals surface area (Å²) >= 11 is 5.80. The van der Waals surface area contributed by atoms with Crippen LogP contribution in [0.2, 0.25) is 0 Å². The maximum atomic E-state index is 5.80. The van der Waals surface area contributed by atoms with E-state index < -0.39 is 6.04 Å². The summed E-state index contributed by atoms with van der Waals surface area (Å²) in [5.41, 5.74) is 0. The van der Waals surface area contributed by atoms with E-state index in [0.29, 0.717) is 0 Å². The minimum atomic E-state index is -0.737. The fraction of sp³-hybridized carbons (Fsp3) is 1.00. The average Bonchev–Trinajstić information content (AvgIpc) is 1.79. The van der Waals surface area contributed by atoms with Crippen LogP contribution in [0, 0.1) is 17.8 Å². The molecule has 11 heavy (non-hydrogen) atoms. The molecule has 0 aromatic rings. The van der Waals surface area contributed by atoms with Crippen molar-refractivity contribution in [3.8, 4) is 0 Å². The molecule has 3 aliphatic heterocycles. The van der Waals surface area contributed by atoms with Gasteiger partial charge in [-0.05, 0) is 61.5 Å². The van der Waals surface area contributed by atoms with Crippen molar-refractivity contribution < 1.29 is 0 Å². The van der Waals surface area contributed by atoms with Crippen LogP contribution in [0.1, 0.15) is 19.3 Å². The van der Waals surface area contributed by atoms with E-state index in [2.05, 4.69) is 0 Å². The Morgan fingerprint density at radius 1 is 0.818 bits per heavy atom. The molecule has 3 heterocycles. The molecule has 4 aliphatic rings. The van der Waals surface area contributed by atoms with Crippen molar-refractivity contribution in [2.24, 2.45) is 17.8 Å². The molecule has 2 heteroatoms. The summed E-state index contributed by atoms with van der Waals surface area (Å²) in [6, 6.07) is -0.737. The molecular formula is C9H15PS. The van der Waals surface area contributed by atoms with E-state index in [4.69, 9.17) is 11.8 Å². The van der Waals surface area contributed by atoms with Crippen LogP contribution in [-0.4, -0.2) is 18.5 Å². The normalized spacial score (nSPS) is 60.2. The Morgan fingerprint density at radius 3 is 1.45 bits per heavy atom. The first kappa shape index (κ1) is 7.09. The second-order valence-corrected chi connectivity index (χ2v) is 10.4. The molecule has 1 saturated carbocycles. The molecule has 0 amide bonds. The third-order valence-electron chi connectivity index (χ3n) is 3.77. The molecule has 0 atom stereocenters. The molecule has 0 aromatic heterocycles. The zero-order valence-corrected chi connectivity index (χ0v) is 8.54. The van der Waals surface area contributed by atoms with Gasteiger partial charge in [-0.25, -0.2) is 0 Å². The fourth-order valence-electron chi connectivity index (χ4n) is 3.79. The van der Waals surface area contributed by atoms with Gasteiger partial charge in [-0.1, -0.05) is 11.8 Å². The number of hydrogen-bond donors (Lipinski definition) is 0. The highest BCUT2D eigenvalue weighted by molar-refractivity contribution is 8.14. The molecular weight excluding hydrogens is 171 g/mol. The van der Waals surface area contributed by atoms with Crippen molar-refractivity contribution in [2.75, 3.05) is 18.5 Å². The molecule has 0 radical (unpaired) electrons. The Morgan fingerprint density at radius 2 is 1.18 bits per heavy atom. The van der Waals surface area contributed by atoms with Gasteiger partial charge in [0, 0.05) is 0 Å². The van der Waals surface area contributed by atoms with Gasteiger partial charge in [-0.15, -0.1) is 0 Å². The molecule has 0 spiro atoms. The van der Waals surface area contributed by atoms with Gasteiger partial charge in [0.15, 0.2) is 0 Å². The molecule has 0 nitrogen and oxygen atoms in total. The van der Waals surface area contributed by atoms with Crippen molar-refractivity contribution in [3.05, 3.63) is 0 Å². The summed E-state index contributed by atoms with van der Waals surface area (Å²) in [5.74, 6) is 3.27. The second kappa shape index (κ2) is 2.12. The van der Waals surface area contributed by atoms with Gasteiger partial charge in [0.2, 0.25) is 0 Å². The van der Waals surface area contributed by atoms with E-state index in [1.54, 1.807) is 19.3 Å². The summed E-state index contributed by atoms with van der Waals surface area (Å²) in [6.45, 7) is 0. The van der Waals surface area contributed by atoms with E-state index in [1.165, 1.54) is 18.5 Å². The predicted octanol–water partition coefficient (Wildman–Crippen LogP) is 2.53. The van der Waals surface area contributed by atoms with Crippen LogP contribution < -0.4 is 0 Å². The molecule has 1 aliphatic carbocycles. The summed E-state index contributed by atoms with van der Waals surface area (Å²) in [7, 11) is 0. The van der Waals surface area contributed by atoms with Gasteiger partial charge in [0.05, 0.1) is 0 Å². The maximum Gasteiger partial charge on any atom is -0.0206 e. The molecule has 0 unspecified atom stereocenters. The first-order chi connectivity index (χ1) is 5.23. The van der Waals surface area contributed by atoms with Crippen LogP contribution in [0.15, 0.2) is 0 Å². The first-order valence-corrected chi connectivity index (χ1v) is 8.16. The highest BCUT2D eigenvalue weighted by Crippen LogP contribution is 2.65. The van der Waals surface area contributed by atoms with Gasteiger partial charge in [-0.3, -0.25) is 0 Å². The van der Waals surface area contributed by atoms with Crippen molar-refractivity contribution in [1.82, 2.24) is 0 Å². The van der Waals surface area contributed by atoms with Crippen LogP contribution in [-0.2, 0) is 11.8 Å². The van der Waals surface area contributed by atoms with E-state index in [-0.39, 0.29) is 0 Å². The lowest BCUT2D eigenvalue weighted by Gasteiger charge is -2.51. The third kappa shape index (κ3) is 1.04. The highest BCUT2D eigenvalue weighted by atomic mass is 32.4. The Bertz CT molecular complexity index is 192. The quantitative estimate of drug-likeness (QED) is 0.524. The monoisotopic (exact) mass is 186 g/mol. The lowest BCUT2D eigenvalue weighted by molar-refractivity contribution is 0.212. The van der Waals surface area contributed by atoms with Gasteiger partial charge < -0.3 is 0 Å². The number of rotatable bonds is 0. The SMILES string of the molecule is S=P12CC3CC(CC(C3)C1)C2. The molecule has 0 N–H and O–H groups in total. The second-order valence-electron chi connectivity index (χ2n) is 4.91. The molecule has 0 aromatic carbocycles. The summed E-state index contributed by atoms with van der Waals surface area (Å²) < 4.78 is 0. The van der Waals surface area contributed by atoms with Crippen molar-refractivity contribution in [1.29, 1.82) is 0 Å². The van der Waals surface area contributed by atoms with Crippen LogP contribution in [0.3, 0.4) is 0 Å². The summed E-state index contributed by atoms with van der Waals surface area (Å²) in [4.78, 5) is 0. The van der Waals surface area contributed by atoms with Crippen LogP contribution >= 0.6 is 6.04 Å². The third-order valence-corrected chi connectivity index (χ3v) is 8.66. The van der Waals surface area contributed by atoms with Crippen LogP contribution in [0.25, 0.3) is 0 Å². The molecule has 3 saturated heterocycles. The largest absolute Gasteiger partial charge is 0.0975 e. The van der Waals surface area contributed by atoms with Gasteiger partial charge in [0.25, 0.3) is 0 Å². The summed E-state index contributed by atoms with van der Waals surface area (Å²) in [5, 5.41) is 0.